The maximum Gasteiger partial charge on any atom is 0.259 e. The molecule has 6 nitrogen and oxygen atoms in total. The van der Waals surface area contributed by atoms with E-state index in [-0.39, 0.29) is 28.4 Å². The maximum atomic E-state index is 11.8. The number of nitrogens with one attached hydrogen (secondary N) is 2. The molecule has 126 valence electrons. The molecule has 4 N–H and O–H groups in total. The van der Waals surface area contributed by atoms with E-state index in [1.807, 2.05) is 31.2 Å². The van der Waals surface area contributed by atoms with Crippen molar-refractivity contribution in [3.05, 3.63) is 50.4 Å². The number of hydrogen-bond donors (Lipinski definition) is 4. The van der Waals surface area contributed by atoms with Gasteiger partial charge in [0.2, 0.25) is 0 Å². The Balaban J connectivity index is 1.93. The van der Waals surface area contributed by atoms with Gasteiger partial charge in [0.15, 0.2) is 11.5 Å². The number of carbonyl (C=O) groups is 1. The summed E-state index contributed by atoms with van der Waals surface area (Å²) in [6.07, 6.45) is 1.36. The first-order chi connectivity index (χ1) is 11.4. The SMILES string of the molecule is Cc1cccc(NCC(=O)NN=Cc2cc(Br)c(O)c(O)c2Br)c1. The van der Waals surface area contributed by atoms with Crippen LogP contribution >= 0.6 is 31.9 Å². The van der Waals surface area contributed by atoms with E-state index in [2.05, 4.69) is 47.7 Å². The number of hydrogen-bond acceptors (Lipinski definition) is 5. The van der Waals surface area contributed by atoms with E-state index in [0.29, 0.717) is 10.0 Å². The predicted molar refractivity (Wildman–Crippen MR) is 101 cm³/mol. The van der Waals surface area contributed by atoms with E-state index >= 15 is 0 Å². The summed E-state index contributed by atoms with van der Waals surface area (Å²) in [6.45, 7) is 2.05. The summed E-state index contributed by atoms with van der Waals surface area (Å²) >= 11 is 6.27. The molecule has 1 amide bonds. The number of phenols is 2. The molecule has 0 aromatic heterocycles. The van der Waals surface area contributed by atoms with Gasteiger partial charge in [-0.05, 0) is 62.5 Å². The molecule has 0 spiro atoms. The van der Waals surface area contributed by atoms with Gasteiger partial charge in [0.1, 0.15) is 0 Å². The first kappa shape index (κ1) is 18.3. The zero-order valence-electron chi connectivity index (χ0n) is 12.7. The third-order valence-electron chi connectivity index (χ3n) is 3.06. The topological polar surface area (TPSA) is 94.0 Å². The lowest BCUT2D eigenvalue weighted by Crippen LogP contribution is -2.25. The molecule has 0 aliphatic heterocycles. The third kappa shape index (κ3) is 4.72. The number of rotatable bonds is 5. The lowest BCUT2D eigenvalue weighted by molar-refractivity contribution is -0.119. The van der Waals surface area contributed by atoms with Crippen molar-refractivity contribution in [3.63, 3.8) is 0 Å². The number of nitrogens with zero attached hydrogens (tertiary/aromatic N) is 1. The Kier molecular flexibility index (Phi) is 6.22. The summed E-state index contributed by atoms with van der Waals surface area (Å²) in [5.41, 5.74) is 4.82. The normalized spacial score (nSPS) is 10.8. The molecule has 2 rings (SSSR count). The Morgan fingerprint density at radius 3 is 2.71 bits per heavy atom. The van der Waals surface area contributed by atoms with Gasteiger partial charge in [-0.3, -0.25) is 4.79 Å². The number of hydrazone groups is 1. The van der Waals surface area contributed by atoms with Gasteiger partial charge in [0, 0.05) is 11.3 Å². The second-order valence-corrected chi connectivity index (χ2v) is 6.62. The van der Waals surface area contributed by atoms with Crippen molar-refractivity contribution in [1.29, 1.82) is 0 Å². The predicted octanol–water partition coefficient (Wildman–Crippen LogP) is 3.49. The number of amides is 1. The Hall–Kier alpha value is -2.06. The first-order valence-electron chi connectivity index (χ1n) is 6.91. The molecule has 0 unspecified atom stereocenters. The summed E-state index contributed by atoms with van der Waals surface area (Å²) in [5, 5.41) is 26.1. The first-order valence-corrected chi connectivity index (χ1v) is 8.49. The van der Waals surface area contributed by atoms with Gasteiger partial charge in [0.25, 0.3) is 5.91 Å². The highest BCUT2D eigenvalue weighted by Gasteiger charge is 2.12. The highest BCUT2D eigenvalue weighted by atomic mass is 79.9. The van der Waals surface area contributed by atoms with Crippen molar-refractivity contribution in [1.82, 2.24) is 5.43 Å². The second-order valence-electron chi connectivity index (χ2n) is 4.98. The Bertz CT molecular complexity index is 794. The van der Waals surface area contributed by atoms with Crippen LogP contribution in [-0.4, -0.2) is 28.9 Å². The van der Waals surface area contributed by atoms with Gasteiger partial charge < -0.3 is 15.5 Å². The van der Waals surface area contributed by atoms with Crippen LogP contribution in [0.15, 0.2) is 44.4 Å². The molecule has 0 atom stereocenters. The molecule has 0 saturated heterocycles. The zero-order chi connectivity index (χ0) is 17.7. The zero-order valence-corrected chi connectivity index (χ0v) is 15.8. The fourth-order valence-corrected chi connectivity index (χ4v) is 2.71. The molecule has 8 heteroatoms. The van der Waals surface area contributed by atoms with Gasteiger partial charge in [-0.15, -0.1) is 0 Å². The molecule has 2 aromatic carbocycles. The van der Waals surface area contributed by atoms with Gasteiger partial charge in [-0.2, -0.15) is 5.10 Å². The minimum Gasteiger partial charge on any atom is -0.503 e. The van der Waals surface area contributed by atoms with Gasteiger partial charge in [-0.25, -0.2) is 5.43 Å². The molecule has 2 aromatic rings. The fourth-order valence-electron chi connectivity index (χ4n) is 1.87. The van der Waals surface area contributed by atoms with Crippen LogP contribution in [0.25, 0.3) is 0 Å². The highest BCUT2D eigenvalue weighted by molar-refractivity contribution is 9.11. The summed E-state index contributed by atoms with van der Waals surface area (Å²) in [6, 6.07) is 9.24. The van der Waals surface area contributed by atoms with E-state index in [1.165, 1.54) is 6.21 Å². The smallest absolute Gasteiger partial charge is 0.259 e. The molecule has 0 radical (unpaired) electrons. The van der Waals surface area contributed by atoms with Gasteiger partial charge >= 0.3 is 0 Å². The van der Waals surface area contributed by atoms with Crippen LogP contribution in [0.5, 0.6) is 11.5 Å². The summed E-state index contributed by atoms with van der Waals surface area (Å²) in [4.78, 5) is 11.8. The van der Waals surface area contributed by atoms with Crippen LogP contribution in [-0.2, 0) is 4.79 Å². The van der Waals surface area contributed by atoms with Crippen molar-refractivity contribution in [3.8, 4) is 11.5 Å². The molecular weight excluding hydrogens is 442 g/mol. The molecule has 0 fully saturated rings. The van der Waals surface area contributed by atoms with Crippen molar-refractivity contribution < 1.29 is 15.0 Å². The van der Waals surface area contributed by atoms with E-state index < -0.39 is 0 Å². The fraction of sp³-hybridized carbons (Fsp3) is 0.125. The number of benzene rings is 2. The maximum absolute atomic E-state index is 11.8. The third-order valence-corrected chi connectivity index (χ3v) is 4.50. The quantitative estimate of drug-likeness (QED) is 0.314. The summed E-state index contributed by atoms with van der Waals surface area (Å²) < 4.78 is 0.594. The lowest BCUT2D eigenvalue weighted by Gasteiger charge is -2.07. The molecular formula is C16H15Br2N3O3. The number of halogens is 2. The monoisotopic (exact) mass is 455 g/mol. The van der Waals surface area contributed by atoms with Gasteiger partial charge in [0.05, 0.1) is 21.7 Å². The van der Waals surface area contributed by atoms with Crippen LogP contribution in [0.2, 0.25) is 0 Å². The van der Waals surface area contributed by atoms with E-state index in [9.17, 15) is 15.0 Å². The summed E-state index contributed by atoms with van der Waals surface area (Å²) in [7, 11) is 0. The average molecular weight is 457 g/mol. The van der Waals surface area contributed by atoms with E-state index in [4.69, 9.17) is 0 Å². The van der Waals surface area contributed by atoms with Crippen molar-refractivity contribution in [2.45, 2.75) is 6.92 Å². The number of anilines is 1. The van der Waals surface area contributed by atoms with E-state index in [0.717, 1.165) is 11.3 Å². The van der Waals surface area contributed by atoms with Crippen molar-refractivity contribution >= 4 is 49.7 Å². The minimum atomic E-state index is -0.314. The Morgan fingerprint density at radius 1 is 1.25 bits per heavy atom. The number of carbonyl (C=O) groups excluding carboxylic acids is 1. The van der Waals surface area contributed by atoms with Crippen LogP contribution in [0.1, 0.15) is 11.1 Å². The molecule has 0 heterocycles. The van der Waals surface area contributed by atoms with Crippen LogP contribution in [0.4, 0.5) is 5.69 Å². The number of aromatic hydroxyl groups is 2. The Morgan fingerprint density at radius 2 is 2.00 bits per heavy atom. The highest BCUT2D eigenvalue weighted by Crippen LogP contribution is 2.40. The minimum absolute atomic E-state index is 0.0759. The lowest BCUT2D eigenvalue weighted by atomic mass is 10.2. The molecule has 0 aliphatic carbocycles. The van der Waals surface area contributed by atoms with Gasteiger partial charge in [-0.1, -0.05) is 12.1 Å². The molecule has 0 aliphatic rings. The largest absolute Gasteiger partial charge is 0.503 e. The van der Waals surface area contributed by atoms with Crippen molar-refractivity contribution in [2.24, 2.45) is 5.10 Å². The number of phenolic OH excluding ortho intramolecular Hbond substituents is 2. The standard InChI is InChI=1S/C16H15Br2N3O3/c1-9-3-2-4-11(5-9)19-8-13(22)21-20-7-10-6-12(17)15(23)16(24)14(10)18/h2-7,19,23-24H,8H2,1H3,(H,21,22). The van der Waals surface area contributed by atoms with Crippen LogP contribution < -0.4 is 10.7 Å². The number of aryl methyl sites for hydroxylation is 1. The Labute approximate surface area is 155 Å². The van der Waals surface area contributed by atoms with E-state index in [1.54, 1.807) is 6.07 Å². The average Bonchev–Trinajstić information content (AvgIpc) is 2.55. The molecule has 0 bridgehead atoms. The van der Waals surface area contributed by atoms with Crippen LogP contribution in [0.3, 0.4) is 0 Å². The van der Waals surface area contributed by atoms with Crippen LogP contribution in [0, 0.1) is 6.92 Å². The second kappa shape index (κ2) is 8.16. The molecule has 0 saturated carbocycles. The van der Waals surface area contributed by atoms with Crippen molar-refractivity contribution in [2.75, 3.05) is 11.9 Å². The summed E-state index contributed by atoms with van der Waals surface area (Å²) in [5.74, 6) is -0.894. The molecule has 24 heavy (non-hydrogen) atoms.